The minimum atomic E-state index is -3.84. The first kappa shape index (κ1) is 22.4. The second kappa shape index (κ2) is 8.99. The predicted octanol–water partition coefficient (Wildman–Crippen LogP) is 2.89. The summed E-state index contributed by atoms with van der Waals surface area (Å²) >= 11 is 4.37. The first-order chi connectivity index (χ1) is 14.8. The number of benzene rings is 1. The lowest BCUT2D eigenvalue weighted by atomic mass is 9.88. The van der Waals surface area contributed by atoms with Crippen LogP contribution in [0.1, 0.15) is 18.4 Å². The topological polar surface area (TPSA) is 103 Å². The van der Waals surface area contributed by atoms with Crippen molar-refractivity contribution in [1.82, 2.24) is 20.3 Å². The minimum absolute atomic E-state index is 0.158. The minimum Gasteiger partial charge on any atom is -0.361 e. The molecule has 166 valence electrons. The molecule has 3 aromatic rings. The number of fused-ring (bicyclic) bond motifs is 1. The molecule has 0 atom stereocenters. The molecule has 0 radical (unpaired) electrons. The summed E-state index contributed by atoms with van der Waals surface area (Å²) in [5.74, 6) is -0.667. The third kappa shape index (κ3) is 4.85. The average molecular weight is 529 g/mol. The third-order valence-electron chi connectivity index (χ3n) is 5.44. The molecule has 11 heteroatoms. The Morgan fingerprint density at radius 2 is 2.00 bits per heavy atom. The summed E-state index contributed by atoms with van der Waals surface area (Å²) in [4.78, 5) is 16.2. The van der Waals surface area contributed by atoms with Crippen LogP contribution in [0.5, 0.6) is 0 Å². The zero-order valence-corrected chi connectivity index (χ0v) is 19.7. The van der Waals surface area contributed by atoms with Crippen molar-refractivity contribution in [3.05, 3.63) is 51.7 Å². The number of nitrogens with one attached hydrogen (secondary N) is 4. The summed E-state index contributed by atoms with van der Waals surface area (Å²) in [5.41, 5.74) is 0.498. The number of halogens is 2. The van der Waals surface area contributed by atoms with Crippen LogP contribution in [0.2, 0.25) is 0 Å². The van der Waals surface area contributed by atoms with Gasteiger partial charge in [0.1, 0.15) is 15.6 Å². The fourth-order valence-corrected chi connectivity index (χ4v) is 7.25. The Kier molecular flexibility index (Phi) is 6.50. The first-order valence-electron chi connectivity index (χ1n) is 9.83. The Balaban J connectivity index is 1.47. The van der Waals surface area contributed by atoms with Gasteiger partial charge in [-0.2, -0.15) is 4.72 Å². The van der Waals surface area contributed by atoms with Gasteiger partial charge >= 0.3 is 0 Å². The van der Waals surface area contributed by atoms with Crippen LogP contribution in [-0.2, 0) is 21.2 Å². The molecule has 0 unspecified atom stereocenters. The smallest absolute Gasteiger partial charge is 0.251 e. The highest BCUT2D eigenvalue weighted by Gasteiger charge is 2.43. The highest BCUT2D eigenvalue weighted by atomic mass is 79.9. The highest BCUT2D eigenvalue weighted by Crippen LogP contribution is 2.29. The maximum Gasteiger partial charge on any atom is 0.251 e. The molecule has 1 fully saturated rings. The molecule has 0 saturated carbocycles. The van der Waals surface area contributed by atoms with E-state index in [4.69, 9.17) is 0 Å². The van der Waals surface area contributed by atoms with Crippen molar-refractivity contribution in [2.45, 2.75) is 29.0 Å². The van der Waals surface area contributed by atoms with Crippen molar-refractivity contribution in [1.29, 1.82) is 0 Å². The van der Waals surface area contributed by atoms with Crippen molar-refractivity contribution in [3.63, 3.8) is 0 Å². The summed E-state index contributed by atoms with van der Waals surface area (Å²) in [6.07, 6.45) is 2.99. The van der Waals surface area contributed by atoms with Gasteiger partial charge in [0.25, 0.3) is 10.0 Å². The lowest BCUT2D eigenvalue weighted by Gasteiger charge is -2.36. The molecule has 4 N–H and O–H groups in total. The number of amides is 1. The van der Waals surface area contributed by atoms with Gasteiger partial charge < -0.3 is 15.6 Å². The molecular weight excluding hydrogens is 507 g/mol. The third-order valence-corrected chi connectivity index (χ3v) is 9.10. The molecule has 2 aromatic heterocycles. The average Bonchev–Trinajstić information content (AvgIpc) is 3.35. The summed E-state index contributed by atoms with van der Waals surface area (Å²) in [6.45, 7) is 1.38. The molecule has 0 aliphatic carbocycles. The number of hydrogen-bond acceptors (Lipinski definition) is 5. The van der Waals surface area contributed by atoms with E-state index in [1.807, 2.05) is 0 Å². The van der Waals surface area contributed by atoms with E-state index in [1.54, 1.807) is 18.3 Å². The van der Waals surface area contributed by atoms with E-state index in [1.165, 1.54) is 18.2 Å². The largest absolute Gasteiger partial charge is 0.361 e. The number of aromatic amines is 1. The quantitative estimate of drug-likeness (QED) is 0.378. The van der Waals surface area contributed by atoms with Crippen LogP contribution in [0, 0.1) is 5.82 Å². The number of H-pyrrole nitrogens is 1. The van der Waals surface area contributed by atoms with Gasteiger partial charge in [-0.05, 0) is 84.2 Å². The van der Waals surface area contributed by atoms with E-state index in [0.29, 0.717) is 42.7 Å². The maximum absolute atomic E-state index is 13.6. The molecule has 31 heavy (non-hydrogen) atoms. The molecule has 4 rings (SSSR count). The molecule has 1 saturated heterocycles. The van der Waals surface area contributed by atoms with Crippen LogP contribution in [0.25, 0.3) is 10.9 Å². The first-order valence-corrected chi connectivity index (χ1v) is 12.9. The Hall–Kier alpha value is -1.79. The molecule has 3 heterocycles. The Morgan fingerprint density at radius 1 is 1.23 bits per heavy atom. The van der Waals surface area contributed by atoms with Crippen LogP contribution >= 0.6 is 27.3 Å². The van der Waals surface area contributed by atoms with E-state index < -0.39 is 15.6 Å². The van der Waals surface area contributed by atoms with Gasteiger partial charge in [0.15, 0.2) is 0 Å². The van der Waals surface area contributed by atoms with Crippen LogP contribution in [0.4, 0.5) is 4.39 Å². The molecule has 1 aromatic carbocycles. The molecule has 1 aliphatic heterocycles. The lowest BCUT2D eigenvalue weighted by molar-refractivity contribution is -0.127. The van der Waals surface area contributed by atoms with Crippen LogP contribution in [0.15, 0.2) is 44.5 Å². The number of piperidine rings is 1. The second-order valence-electron chi connectivity index (χ2n) is 7.51. The molecular formula is C20H22BrFN4O3S2. The Morgan fingerprint density at radius 3 is 2.71 bits per heavy atom. The summed E-state index contributed by atoms with van der Waals surface area (Å²) < 4.78 is 42.9. The van der Waals surface area contributed by atoms with Gasteiger partial charge in [0.2, 0.25) is 5.91 Å². The summed E-state index contributed by atoms with van der Waals surface area (Å²) in [7, 11) is -3.84. The second-order valence-corrected chi connectivity index (χ2v) is 11.9. The van der Waals surface area contributed by atoms with Crippen molar-refractivity contribution >= 4 is 54.1 Å². The van der Waals surface area contributed by atoms with Gasteiger partial charge in [-0.15, -0.1) is 11.3 Å². The number of sulfonamides is 1. The Labute approximate surface area is 192 Å². The highest BCUT2D eigenvalue weighted by molar-refractivity contribution is 9.11. The van der Waals surface area contributed by atoms with Gasteiger partial charge in [-0.1, -0.05) is 0 Å². The van der Waals surface area contributed by atoms with Gasteiger partial charge in [-0.3, -0.25) is 4.79 Å². The van der Waals surface area contributed by atoms with Gasteiger partial charge in [-0.25, -0.2) is 12.8 Å². The number of carbonyl (C=O) groups excluding carboxylic acids is 1. The SMILES string of the molecule is O=C(NCCc1c[nH]c2ccc(F)cc12)C1(NS(=O)(=O)c2ccc(Br)s2)CCNCC1. The molecule has 0 spiro atoms. The molecule has 1 aliphatic rings. The maximum atomic E-state index is 13.6. The van der Waals surface area contributed by atoms with Crippen LogP contribution < -0.4 is 15.4 Å². The molecule has 7 nitrogen and oxygen atoms in total. The lowest BCUT2D eigenvalue weighted by Crippen LogP contribution is -2.62. The Bertz CT molecular complexity index is 1200. The normalized spacial score (nSPS) is 16.5. The van der Waals surface area contributed by atoms with Crippen molar-refractivity contribution in [3.8, 4) is 0 Å². The zero-order valence-electron chi connectivity index (χ0n) is 16.5. The fraction of sp³-hybridized carbons (Fsp3) is 0.350. The molecule has 1 amide bonds. The van der Waals surface area contributed by atoms with Crippen molar-refractivity contribution < 1.29 is 17.6 Å². The van der Waals surface area contributed by atoms with E-state index in [9.17, 15) is 17.6 Å². The number of rotatable bonds is 7. The van der Waals surface area contributed by atoms with E-state index >= 15 is 0 Å². The van der Waals surface area contributed by atoms with E-state index in [0.717, 1.165) is 27.8 Å². The van der Waals surface area contributed by atoms with Gasteiger partial charge in [0, 0.05) is 23.6 Å². The van der Waals surface area contributed by atoms with Crippen molar-refractivity contribution in [2.24, 2.45) is 0 Å². The number of hydrogen-bond donors (Lipinski definition) is 4. The number of aromatic nitrogens is 1. The molecule has 0 bridgehead atoms. The summed E-state index contributed by atoms with van der Waals surface area (Å²) in [6, 6.07) is 7.71. The fourth-order valence-electron chi connectivity index (χ4n) is 3.82. The van der Waals surface area contributed by atoms with E-state index in [-0.39, 0.29) is 15.9 Å². The number of thiophene rings is 1. The predicted molar refractivity (Wildman–Crippen MR) is 122 cm³/mol. The zero-order chi connectivity index (χ0) is 22.1. The van der Waals surface area contributed by atoms with Crippen LogP contribution in [0.3, 0.4) is 0 Å². The van der Waals surface area contributed by atoms with Crippen molar-refractivity contribution in [2.75, 3.05) is 19.6 Å². The van der Waals surface area contributed by atoms with Gasteiger partial charge in [0.05, 0.1) is 3.79 Å². The number of carbonyl (C=O) groups is 1. The van der Waals surface area contributed by atoms with E-state index in [2.05, 4.69) is 36.3 Å². The van der Waals surface area contributed by atoms with Crippen LogP contribution in [-0.4, -0.2) is 44.5 Å². The monoisotopic (exact) mass is 528 g/mol. The summed E-state index contributed by atoms with van der Waals surface area (Å²) in [5, 5.41) is 6.82. The standard InChI is InChI=1S/C20H22BrFN4O3S2/c21-17-3-4-18(30-17)31(28,29)26-20(6-9-23-10-7-20)19(27)24-8-5-13-12-25-16-2-1-14(22)11-15(13)16/h1-4,11-12,23,25-26H,5-10H2,(H,24,27).